The minimum atomic E-state index is 0.257. The first-order valence-electron chi connectivity index (χ1n) is 11.0. The van der Waals surface area contributed by atoms with Crippen LogP contribution in [0.3, 0.4) is 0 Å². The van der Waals surface area contributed by atoms with Gasteiger partial charge in [0.1, 0.15) is 0 Å². The molecule has 2 atom stereocenters. The van der Waals surface area contributed by atoms with Crippen molar-refractivity contribution >= 4 is 17.8 Å². The third-order valence-electron chi connectivity index (χ3n) is 6.51. The minimum absolute atomic E-state index is 0.257. The Hall–Kier alpha value is -1.76. The summed E-state index contributed by atoms with van der Waals surface area (Å²) in [7, 11) is 1.71. The predicted molar refractivity (Wildman–Crippen MR) is 124 cm³/mol. The van der Waals surface area contributed by atoms with Crippen LogP contribution < -0.4 is 14.4 Å². The van der Waals surface area contributed by atoms with E-state index in [1.807, 2.05) is 18.3 Å². The van der Waals surface area contributed by atoms with Crippen molar-refractivity contribution in [3.8, 4) is 5.75 Å². The molecule has 1 aromatic heterocycles. The molecule has 2 aliphatic rings. The Morgan fingerprint density at radius 3 is 2.60 bits per heavy atom. The van der Waals surface area contributed by atoms with Gasteiger partial charge in [-0.25, -0.2) is 4.98 Å². The van der Waals surface area contributed by atoms with Crippen LogP contribution in [0.1, 0.15) is 43.6 Å². The number of anilines is 1. The first-order chi connectivity index (χ1) is 14.8. The summed E-state index contributed by atoms with van der Waals surface area (Å²) < 4.78 is 15.6. The number of nitrogens with zero attached hydrogens (tertiary/aromatic N) is 2. The van der Waals surface area contributed by atoms with Crippen molar-refractivity contribution in [1.82, 2.24) is 9.71 Å². The largest absolute Gasteiger partial charge is 0.493 e. The van der Waals surface area contributed by atoms with Crippen molar-refractivity contribution in [2.24, 2.45) is 0 Å². The number of benzene rings is 1. The Kier molecular flexibility index (Phi) is 7.52. The van der Waals surface area contributed by atoms with Gasteiger partial charge in [-0.2, -0.15) is 0 Å². The highest BCUT2D eigenvalue weighted by Crippen LogP contribution is 2.35. The number of pyridine rings is 1. The van der Waals surface area contributed by atoms with E-state index in [1.165, 1.54) is 18.4 Å². The molecule has 5 nitrogen and oxygen atoms in total. The highest BCUT2D eigenvalue weighted by atomic mass is 32.2. The molecule has 2 unspecified atom stereocenters. The Labute approximate surface area is 184 Å². The van der Waals surface area contributed by atoms with E-state index in [-0.39, 0.29) is 6.04 Å². The summed E-state index contributed by atoms with van der Waals surface area (Å²) in [5.74, 6) is 2.43. The van der Waals surface area contributed by atoms with Crippen LogP contribution in [-0.2, 0) is 4.74 Å². The van der Waals surface area contributed by atoms with Gasteiger partial charge in [-0.1, -0.05) is 42.3 Å². The van der Waals surface area contributed by atoms with Gasteiger partial charge >= 0.3 is 0 Å². The van der Waals surface area contributed by atoms with Crippen LogP contribution in [0.5, 0.6) is 5.75 Å². The minimum Gasteiger partial charge on any atom is -0.493 e. The molecule has 162 valence electrons. The van der Waals surface area contributed by atoms with Gasteiger partial charge in [0, 0.05) is 18.8 Å². The fourth-order valence-electron chi connectivity index (χ4n) is 4.89. The van der Waals surface area contributed by atoms with Gasteiger partial charge in [-0.15, -0.1) is 0 Å². The van der Waals surface area contributed by atoms with Crippen molar-refractivity contribution in [2.45, 2.75) is 56.2 Å². The van der Waals surface area contributed by atoms with E-state index in [0.29, 0.717) is 18.1 Å². The van der Waals surface area contributed by atoms with Gasteiger partial charge in [0.25, 0.3) is 0 Å². The normalized spacial score (nSPS) is 26.7. The Morgan fingerprint density at radius 1 is 1.07 bits per heavy atom. The van der Waals surface area contributed by atoms with E-state index >= 15 is 0 Å². The number of hydrogen-bond donors (Lipinski definition) is 1. The van der Waals surface area contributed by atoms with E-state index in [0.717, 1.165) is 44.0 Å². The lowest BCUT2D eigenvalue weighted by molar-refractivity contribution is 0.0156. The molecule has 1 aliphatic carbocycles. The number of aromatic nitrogens is 1. The molecule has 2 heterocycles. The third-order valence-corrected chi connectivity index (χ3v) is 7.04. The molecule has 2 aromatic rings. The monoisotopic (exact) mass is 427 g/mol. The van der Waals surface area contributed by atoms with Crippen molar-refractivity contribution < 1.29 is 9.47 Å². The molecule has 0 amide bonds. The molecule has 0 bridgehead atoms. The third kappa shape index (κ3) is 4.93. The van der Waals surface area contributed by atoms with Gasteiger partial charge in [0.05, 0.1) is 25.9 Å². The first kappa shape index (κ1) is 21.5. The lowest BCUT2D eigenvalue weighted by Gasteiger charge is -2.33. The SMILES string of the molecule is COc1cccnc1N1CCC(NSC)C1COC1CCC(c2ccccc2)CC1. The maximum atomic E-state index is 6.49. The maximum Gasteiger partial charge on any atom is 0.171 e. The molecule has 1 saturated carbocycles. The van der Waals surface area contributed by atoms with Gasteiger partial charge in [0.2, 0.25) is 0 Å². The topological polar surface area (TPSA) is 46.6 Å². The molecule has 1 aromatic carbocycles. The molecule has 1 N–H and O–H groups in total. The van der Waals surface area contributed by atoms with Crippen molar-refractivity contribution in [3.63, 3.8) is 0 Å². The zero-order valence-electron chi connectivity index (χ0n) is 18.0. The second kappa shape index (κ2) is 10.5. The average Bonchev–Trinajstić information content (AvgIpc) is 3.21. The summed E-state index contributed by atoms with van der Waals surface area (Å²) in [6.45, 7) is 1.68. The zero-order valence-corrected chi connectivity index (χ0v) is 18.8. The van der Waals surface area contributed by atoms with Crippen LogP contribution in [-0.4, -0.2) is 49.7 Å². The number of hydrogen-bond acceptors (Lipinski definition) is 6. The molecule has 1 saturated heterocycles. The first-order valence-corrected chi connectivity index (χ1v) is 12.2. The van der Waals surface area contributed by atoms with E-state index in [9.17, 15) is 0 Å². The molecular weight excluding hydrogens is 394 g/mol. The van der Waals surface area contributed by atoms with Crippen LogP contribution >= 0.6 is 11.9 Å². The number of ether oxygens (including phenoxy) is 2. The lowest BCUT2D eigenvalue weighted by Crippen LogP contribution is -2.45. The molecule has 6 heteroatoms. The zero-order chi connectivity index (χ0) is 20.8. The van der Waals surface area contributed by atoms with Crippen LogP contribution in [0, 0.1) is 0 Å². The van der Waals surface area contributed by atoms with E-state index in [2.05, 4.69) is 51.2 Å². The summed E-state index contributed by atoms with van der Waals surface area (Å²) in [5.41, 5.74) is 1.48. The maximum absolute atomic E-state index is 6.49. The van der Waals surface area contributed by atoms with Gasteiger partial charge in [-0.3, -0.25) is 4.72 Å². The second-order valence-corrected chi connectivity index (χ2v) is 8.87. The summed E-state index contributed by atoms with van der Waals surface area (Å²) in [5, 5.41) is 0. The van der Waals surface area contributed by atoms with Crippen LogP contribution in [0.25, 0.3) is 0 Å². The number of methoxy groups -OCH3 is 1. The predicted octanol–water partition coefficient (Wildman–Crippen LogP) is 4.65. The van der Waals surface area contributed by atoms with Gasteiger partial charge < -0.3 is 14.4 Å². The summed E-state index contributed by atoms with van der Waals surface area (Å²) in [6, 6.07) is 15.5. The highest BCUT2D eigenvalue weighted by Gasteiger charge is 2.37. The fraction of sp³-hybridized carbons (Fsp3) is 0.542. The molecule has 0 spiro atoms. The van der Waals surface area contributed by atoms with Crippen molar-refractivity contribution in [2.75, 3.05) is 31.4 Å². The molecule has 1 aliphatic heterocycles. The Bertz CT molecular complexity index is 783. The fourth-order valence-corrected chi connectivity index (χ4v) is 5.47. The average molecular weight is 428 g/mol. The standard InChI is InChI=1S/C24H33N3O2S/c1-28-23-9-6-15-25-24(23)27-16-14-21(26-30-2)22(27)17-29-20-12-10-19(11-13-20)18-7-4-3-5-8-18/h3-9,15,19-22,26H,10-14,16-17H2,1-2H3. The Balaban J connectivity index is 1.37. The van der Waals surface area contributed by atoms with Crippen molar-refractivity contribution in [1.29, 1.82) is 0 Å². The van der Waals surface area contributed by atoms with Gasteiger partial charge in [0.15, 0.2) is 11.6 Å². The number of nitrogens with one attached hydrogen (secondary N) is 1. The second-order valence-electron chi connectivity index (χ2n) is 8.22. The van der Waals surface area contributed by atoms with Crippen LogP contribution in [0.4, 0.5) is 5.82 Å². The smallest absolute Gasteiger partial charge is 0.171 e. The van der Waals surface area contributed by atoms with E-state index in [1.54, 1.807) is 19.1 Å². The van der Waals surface area contributed by atoms with E-state index < -0.39 is 0 Å². The van der Waals surface area contributed by atoms with Gasteiger partial charge in [-0.05, 0) is 62.0 Å². The van der Waals surface area contributed by atoms with Crippen LogP contribution in [0.2, 0.25) is 0 Å². The van der Waals surface area contributed by atoms with Crippen molar-refractivity contribution in [3.05, 3.63) is 54.2 Å². The van der Waals surface area contributed by atoms with Crippen LogP contribution in [0.15, 0.2) is 48.7 Å². The molecule has 0 radical (unpaired) electrons. The highest BCUT2D eigenvalue weighted by molar-refractivity contribution is 7.96. The summed E-state index contributed by atoms with van der Waals surface area (Å²) in [6.07, 6.45) is 10.1. The number of rotatable bonds is 8. The summed E-state index contributed by atoms with van der Waals surface area (Å²) >= 11 is 1.69. The molecule has 30 heavy (non-hydrogen) atoms. The molecular formula is C24H33N3O2S. The van der Waals surface area contributed by atoms with E-state index in [4.69, 9.17) is 9.47 Å². The quantitative estimate of drug-likeness (QED) is 0.619. The Morgan fingerprint density at radius 2 is 1.87 bits per heavy atom. The molecule has 2 fully saturated rings. The summed E-state index contributed by atoms with van der Waals surface area (Å²) in [4.78, 5) is 6.99. The molecule has 4 rings (SSSR count). The lowest BCUT2D eigenvalue weighted by atomic mass is 9.83.